The lowest BCUT2D eigenvalue weighted by atomic mass is 10.2. The van der Waals surface area contributed by atoms with E-state index in [4.69, 9.17) is 4.42 Å². The van der Waals surface area contributed by atoms with Gasteiger partial charge in [0.2, 0.25) is 0 Å². The van der Waals surface area contributed by atoms with Crippen LogP contribution in [0.2, 0.25) is 0 Å². The van der Waals surface area contributed by atoms with E-state index in [1.165, 1.54) is 22.8 Å². The second-order valence-electron chi connectivity index (χ2n) is 5.43. The van der Waals surface area contributed by atoms with Gasteiger partial charge in [0, 0.05) is 18.3 Å². The molecule has 0 fully saturated rings. The number of aryl methyl sites for hydroxylation is 1. The number of alkyl halides is 3. The van der Waals surface area contributed by atoms with Crippen LogP contribution in [0.3, 0.4) is 0 Å². The first-order chi connectivity index (χ1) is 12.1. The van der Waals surface area contributed by atoms with Crippen LogP contribution in [-0.4, -0.2) is 13.0 Å². The summed E-state index contributed by atoms with van der Waals surface area (Å²) in [5.41, 5.74) is -0.703. The van der Waals surface area contributed by atoms with E-state index in [1.54, 1.807) is 6.92 Å². The summed E-state index contributed by atoms with van der Waals surface area (Å²) in [6.07, 6.45) is -4.59. The number of sulfonamides is 1. The lowest BCUT2D eigenvalue weighted by molar-refractivity contribution is -0.137. The molecule has 138 valence electrons. The van der Waals surface area contributed by atoms with Gasteiger partial charge in [0.25, 0.3) is 10.0 Å². The Hall–Kier alpha value is -2.75. The Kier molecular flexibility index (Phi) is 4.31. The molecule has 0 saturated heterocycles. The molecule has 0 aliphatic rings. The lowest BCUT2D eigenvalue weighted by Crippen LogP contribution is -2.14. The molecule has 6 nitrogen and oxygen atoms in total. The van der Waals surface area contributed by atoms with Crippen molar-refractivity contribution in [2.75, 3.05) is 4.72 Å². The van der Waals surface area contributed by atoms with Crippen molar-refractivity contribution in [3.63, 3.8) is 0 Å². The van der Waals surface area contributed by atoms with Crippen molar-refractivity contribution in [3.05, 3.63) is 58.6 Å². The molecular weight excluding hydrogens is 373 g/mol. The van der Waals surface area contributed by atoms with Crippen LogP contribution in [0.5, 0.6) is 0 Å². The summed E-state index contributed by atoms with van der Waals surface area (Å²) in [6.45, 7) is 2.08. The summed E-state index contributed by atoms with van der Waals surface area (Å²) in [4.78, 5) is 11.4. The molecule has 0 spiro atoms. The zero-order chi connectivity index (χ0) is 19.1. The van der Waals surface area contributed by atoms with Gasteiger partial charge in [-0.2, -0.15) is 13.2 Å². The van der Waals surface area contributed by atoms with Crippen LogP contribution in [0.25, 0.3) is 11.1 Å². The summed E-state index contributed by atoms with van der Waals surface area (Å²) < 4.78 is 71.6. The molecule has 0 atom stereocenters. The number of oxazole rings is 1. The van der Waals surface area contributed by atoms with Crippen LogP contribution in [0.1, 0.15) is 12.5 Å². The van der Waals surface area contributed by atoms with E-state index >= 15 is 0 Å². The number of nitrogens with zero attached hydrogens (tertiary/aromatic N) is 1. The molecular formula is C16H13F3N2O4S. The van der Waals surface area contributed by atoms with E-state index in [0.717, 1.165) is 18.2 Å². The fourth-order valence-electron chi connectivity index (χ4n) is 2.49. The van der Waals surface area contributed by atoms with E-state index in [-0.39, 0.29) is 16.2 Å². The van der Waals surface area contributed by atoms with Crippen LogP contribution < -0.4 is 10.5 Å². The molecule has 3 aromatic rings. The van der Waals surface area contributed by atoms with Gasteiger partial charge in [-0.25, -0.2) is 13.2 Å². The van der Waals surface area contributed by atoms with Crippen molar-refractivity contribution >= 4 is 26.8 Å². The molecule has 3 rings (SSSR count). The number of nitrogens with one attached hydrogen (secondary N) is 1. The highest BCUT2D eigenvalue weighted by Crippen LogP contribution is 2.31. The maximum atomic E-state index is 12.8. The number of anilines is 1. The van der Waals surface area contributed by atoms with E-state index in [1.807, 2.05) is 0 Å². The van der Waals surface area contributed by atoms with Crippen molar-refractivity contribution in [2.24, 2.45) is 0 Å². The lowest BCUT2D eigenvalue weighted by Gasteiger charge is -2.11. The van der Waals surface area contributed by atoms with Crippen LogP contribution in [0, 0.1) is 0 Å². The van der Waals surface area contributed by atoms with Gasteiger partial charge < -0.3 is 4.42 Å². The quantitative estimate of drug-likeness (QED) is 0.745. The van der Waals surface area contributed by atoms with Crippen LogP contribution >= 0.6 is 0 Å². The Labute approximate surface area is 145 Å². The summed E-state index contributed by atoms with van der Waals surface area (Å²) in [6, 6.07) is 7.65. The number of hydrogen-bond donors (Lipinski definition) is 1. The minimum atomic E-state index is -4.59. The first-order valence-corrected chi connectivity index (χ1v) is 8.93. The molecule has 26 heavy (non-hydrogen) atoms. The maximum Gasteiger partial charge on any atom is 0.419 e. The first kappa shape index (κ1) is 18.1. The monoisotopic (exact) mass is 386 g/mol. The zero-order valence-corrected chi connectivity index (χ0v) is 14.2. The number of benzene rings is 2. The average molecular weight is 386 g/mol. The molecule has 0 bridgehead atoms. The molecule has 0 unspecified atom stereocenters. The van der Waals surface area contributed by atoms with Gasteiger partial charge in [-0.1, -0.05) is 6.07 Å². The number of rotatable bonds is 4. The van der Waals surface area contributed by atoms with Crippen molar-refractivity contribution in [1.29, 1.82) is 0 Å². The number of aromatic nitrogens is 1. The van der Waals surface area contributed by atoms with Gasteiger partial charge in [0.1, 0.15) is 0 Å². The number of fused-ring (bicyclic) bond motifs is 1. The number of hydrogen-bond acceptors (Lipinski definition) is 4. The molecule has 2 aromatic carbocycles. The second-order valence-corrected chi connectivity index (χ2v) is 7.11. The van der Waals surface area contributed by atoms with E-state index in [2.05, 4.69) is 4.72 Å². The highest BCUT2D eigenvalue weighted by Gasteiger charge is 2.30. The molecule has 0 saturated carbocycles. The van der Waals surface area contributed by atoms with Crippen LogP contribution in [-0.2, 0) is 22.7 Å². The third kappa shape index (κ3) is 3.32. The highest BCUT2D eigenvalue weighted by atomic mass is 32.2. The largest absolute Gasteiger partial charge is 0.419 e. The Bertz CT molecular complexity index is 1130. The fourth-order valence-corrected chi connectivity index (χ4v) is 3.55. The minimum absolute atomic E-state index is 0.0729. The molecule has 10 heteroatoms. The van der Waals surface area contributed by atoms with Crippen LogP contribution in [0.4, 0.5) is 18.9 Å². The van der Waals surface area contributed by atoms with Gasteiger partial charge in [-0.15, -0.1) is 0 Å². The Morgan fingerprint density at radius 1 is 1.15 bits per heavy atom. The Morgan fingerprint density at radius 2 is 1.88 bits per heavy atom. The topological polar surface area (TPSA) is 81.3 Å². The van der Waals surface area contributed by atoms with E-state index in [0.29, 0.717) is 18.1 Å². The van der Waals surface area contributed by atoms with Gasteiger partial charge >= 0.3 is 11.9 Å². The van der Waals surface area contributed by atoms with Gasteiger partial charge in [0.05, 0.1) is 16.0 Å². The minimum Gasteiger partial charge on any atom is -0.408 e. The Balaban J connectivity index is 1.98. The molecule has 0 radical (unpaired) electrons. The third-order valence-corrected chi connectivity index (χ3v) is 5.09. The van der Waals surface area contributed by atoms with Crippen LogP contribution in [0.15, 0.2) is 56.6 Å². The second kappa shape index (κ2) is 6.20. The average Bonchev–Trinajstić information content (AvgIpc) is 2.88. The third-order valence-electron chi connectivity index (χ3n) is 3.71. The van der Waals surface area contributed by atoms with Gasteiger partial charge in [-0.3, -0.25) is 9.29 Å². The van der Waals surface area contributed by atoms with Crippen molar-refractivity contribution < 1.29 is 26.0 Å². The van der Waals surface area contributed by atoms with Gasteiger partial charge in [-0.05, 0) is 37.3 Å². The molecule has 1 aromatic heterocycles. The van der Waals surface area contributed by atoms with Crippen molar-refractivity contribution in [2.45, 2.75) is 24.5 Å². The van der Waals surface area contributed by atoms with E-state index in [9.17, 15) is 26.4 Å². The molecule has 0 aliphatic heterocycles. The number of halogens is 3. The maximum absolute atomic E-state index is 12.8. The summed E-state index contributed by atoms with van der Waals surface area (Å²) >= 11 is 0. The molecule has 1 N–H and O–H groups in total. The van der Waals surface area contributed by atoms with Gasteiger partial charge in [0.15, 0.2) is 5.58 Å². The zero-order valence-electron chi connectivity index (χ0n) is 13.4. The molecule has 0 aliphatic carbocycles. The van der Waals surface area contributed by atoms with E-state index < -0.39 is 27.5 Å². The molecule has 0 amide bonds. The smallest absolute Gasteiger partial charge is 0.408 e. The van der Waals surface area contributed by atoms with Crippen molar-refractivity contribution in [1.82, 2.24) is 4.57 Å². The predicted octanol–water partition coefficient (Wildman–Crippen LogP) is 3.43. The standard InChI is InChI=1S/C16H13F3N2O4S/c1-2-21-13-7-6-12(9-14(13)25-15(21)22)26(23,24)20-11-5-3-4-10(8-11)16(17,18)19/h3-9,20H,2H2,1H3. The Morgan fingerprint density at radius 3 is 2.54 bits per heavy atom. The summed E-state index contributed by atoms with van der Waals surface area (Å²) in [5.74, 6) is -0.622. The summed E-state index contributed by atoms with van der Waals surface area (Å²) in [5, 5.41) is 0. The SMILES string of the molecule is CCn1c(=O)oc2cc(S(=O)(=O)Nc3cccc(C(F)(F)F)c3)ccc21. The van der Waals surface area contributed by atoms with Crippen molar-refractivity contribution in [3.8, 4) is 0 Å². The normalized spacial score (nSPS) is 12.5. The fraction of sp³-hybridized carbons (Fsp3) is 0.188. The predicted molar refractivity (Wildman–Crippen MR) is 88.4 cm³/mol. The molecule has 1 heterocycles. The first-order valence-electron chi connectivity index (χ1n) is 7.45. The highest BCUT2D eigenvalue weighted by molar-refractivity contribution is 7.92. The summed E-state index contributed by atoms with van der Waals surface area (Å²) in [7, 11) is -4.17.